The Hall–Kier alpha value is -0.835. The third-order valence-corrected chi connectivity index (χ3v) is 1.58. The minimum Gasteiger partial charge on any atom is -0.409 e. The molecular weight excluding hydrogens is 207 g/mol. The standard InChI is InChI=1S/C6H6BBrN2O/c8-5-1-2-9-6(3-5)10-7-4-11/h1-4,7H,(H,9,10). The zero-order valence-electron chi connectivity index (χ0n) is 5.75. The SMILES string of the molecule is O=CBNc1cc(Br)ccn1. The van der Waals surface area contributed by atoms with Gasteiger partial charge in [-0.1, -0.05) is 15.9 Å². The summed E-state index contributed by atoms with van der Waals surface area (Å²) in [4.78, 5) is 13.9. The van der Waals surface area contributed by atoms with Crippen LogP contribution in [0.2, 0.25) is 0 Å². The lowest BCUT2D eigenvalue weighted by Gasteiger charge is -1.98. The molecule has 1 aromatic heterocycles. The second-order valence-electron chi connectivity index (χ2n) is 1.91. The Morgan fingerprint density at radius 1 is 1.73 bits per heavy atom. The fraction of sp³-hybridized carbons (Fsp3) is 0. The van der Waals surface area contributed by atoms with Crippen molar-refractivity contribution in [2.24, 2.45) is 0 Å². The van der Waals surface area contributed by atoms with E-state index in [2.05, 4.69) is 26.1 Å². The highest BCUT2D eigenvalue weighted by atomic mass is 79.9. The molecule has 0 spiro atoms. The summed E-state index contributed by atoms with van der Waals surface area (Å²) < 4.78 is 0.945. The number of pyridine rings is 1. The molecule has 0 saturated heterocycles. The fourth-order valence-corrected chi connectivity index (χ4v) is 0.983. The van der Waals surface area contributed by atoms with Crippen LogP contribution in [0.25, 0.3) is 0 Å². The second-order valence-corrected chi connectivity index (χ2v) is 2.82. The lowest BCUT2D eigenvalue weighted by Crippen LogP contribution is -2.08. The van der Waals surface area contributed by atoms with Crippen molar-refractivity contribution in [2.75, 3.05) is 5.23 Å². The first kappa shape index (κ1) is 8.26. The van der Waals surface area contributed by atoms with Gasteiger partial charge in [0.2, 0.25) is 0 Å². The summed E-state index contributed by atoms with van der Waals surface area (Å²) in [6.45, 7) is 0. The number of carbonyl (C=O) groups is 1. The number of rotatable bonds is 3. The number of carbonyl (C=O) groups excluding carboxylic acids is 1. The number of anilines is 1. The highest BCUT2D eigenvalue weighted by Crippen LogP contribution is 2.11. The van der Waals surface area contributed by atoms with Gasteiger partial charge < -0.3 is 10.0 Å². The third-order valence-electron chi connectivity index (χ3n) is 1.09. The van der Waals surface area contributed by atoms with Crippen molar-refractivity contribution < 1.29 is 4.79 Å². The van der Waals surface area contributed by atoms with Crippen LogP contribution in [0.15, 0.2) is 22.8 Å². The van der Waals surface area contributed by atoms with Gasteiger partial charge in [0, 0.05) is 10.7 Å². The van der Waals surface area contributed by atoms with Crippen molar-refractivity contribution in [3.8, 4) is 0 Å². The highest BCUT2D eigenvalue weighted by Gasteiger charge is 1.93. The molecule has 0 atom stereocenters. The average molecular weight is 213 g/mol. The number of nitrogens with one attached hydrogen (secondary N) is 1. The van der Waals surface area contributed by atoms with E-state index in [1.807, 2.05) is 12.1 Å². The molecule has 0 fully saturated rings. The number of hydrogen-bond acceptors (Lipinski definition) is 3. The topological polar surface area (TPSA) is 42.0 Å². The van der Waals surface area contributed by atoms with Gasteiger partial charge in [-0.05, 0) is 12.1 Å². The van der Waals surface area contributed by atoms with E-state index >= 15 is 0 Å². The van der Waals surface area contributed by atoms with Gasteiger partial charge in [0.05, 0.1) is 0 Å². The van der Waals surface area contributed by atoms with E-state index < -0.39 is 0 Å². The highest BCUT2D eigenvalue weighted by molar-refractivity contribution is 9.10. The molecule has 0 unspecified atom stereocenters. The van der Waals surface area contributed by atoms with Gasteiger partial charge in [0.1, 0.15) is 12.0 Å². The molecule has 3 nitrogen and oxygen atoms in total. The first-order chi connectivity index (χ1) is 5.33. The molecule has 1 heterocycles. The predicted octanol–water partition coefficient (Wildman–Crippen LogP) is 0.798. The van der Waals surface area contributed by atoms with E-state index in [-0.39, 0.29) is 0 Å². The monoisotopic (exact) mass is 212 g/mol. The molecular formula is C6H6BBrN2O. The van der Waals surface area contributed by atoms with Crippen molar-refractivity contribution in [3.63, 3.8) is 0 Å². The van der Waals surface area contributed by atoms with Gasteiger partial charge in [0.15, 0.2) is 0 Å². The molecule has 0 saturated carbocycles. The Balaban J connectivity index is 2.63. The minimum absolute atomic E-state index is 0.295. The Morgan fingerprint density at radius 3 is 3.18 bits per heavy atom. The van der Waals surface area contributed by atoms with Crippen LogP contribution in [0.4, 0.5) is 5.82 Å². The zero-order valence-corrected chi connectivity index (χ0v) is 7.34. The van der Waals surface area contributed by atoms with Gasteiger partial charge in [-0.3, -0.25) is 0 Å². The Morgan fingerprint density at radius 2 is 2.55 bits per heavy atom. The minimum atomic E-state index is 0.295. The van der Waals surface area contributed by atoms with E-state index in [4.69, 9.17) is 0 Å². The van der Waals surface area contributed by atoms with Crippen LogP contribution in [0.5, 0.6) is 0 Å². The van der Waals surface area contributed by atoms with Crippen molar-refractivity contribution in [1.82, 2.24) is 4.98 Å². The van der Waals surface area contributed by atoms with E-state index in [9.17, 15) is 4.79 Å². The Labute approximate surface area is 73.6 Å². The van der Waals surface area contributed by atoms with Crippen molar-refractivity contribution in [3.05, 3.63) is 22.8 Å². The summed E-state index contributed by atoms with van der Waals surface area (Å²) in [6, 6.07) is 3.63. The van der Waals surface area contributed by atoms with Crippen LogP contribution in [0, 0.1) is 0 Å². The molecule has 5 heteroatoms. The Bertz CT molecular complexity index is 256. The zero-order chi connectivity index (χ0) is 8.10. The fourth-order valence-electron chi connectivity index (χ4n) is 0.648. The number of aromatic nitrogens is 1. The molecule has 0 aliphatic carbocycles. The third kappa shape index (κ3) is 2.71. The van der Waals surface area contributed by atoms with Gasteiger partial charge in [0.25, 0.3) is 0 Å². The van der Waals surface area contributed by atoms with Gasteiger partial charge in [-0.2, -0.15) is 0 Å². The second kappa shape index (κ2) is 4.13. The van der Waals surface area contributed by atoms with Crippen molar-refractivity contribution >= 4 is 35.3 Å². The summed E-state index contributed by atoms with van der Waals surface area (Å²) >= 11 is 3.29. The molecule has 0 bridgehead atoms. The van der Waals surface area contributed by atoms with Gasteiger partial charge in [-0.25, -0.2) is 4.98 Å². The number of halogens is 1. The normalized spacial score (nSPS) is 8.82. The molecule has 0 aromatic carbocycles. The van der Waals surface area contributed by atoms with Gasteiger partial charge >= 0.3 is 7.41 Å². The van der Waals surface area contributed by atoms with Crippen LogP contribution in [-0.2, 0) is 4.79 Å². The summed E-state index contributed by atoms with van der Waals surface area (Å²) in [6.07, 6.45) is 2.46. The summed E-state index contributed by atoms with van der Waals surface area (Å²) in [5.74, 6) is 0.700. The molecule has 1 aromatic rings. The molecule has 1 N–H and O–H groups in total. The van der Waals surface area contributed by atoms with Crippen molar-refractivity contribution in [1.29, 1.82) is 0 Å². The lowest BCUT2D eigenvalue weighted by molar-refractivity contribution is 0.568. The summed E-state index contributed by atoms with van der Waals surface area (Å²) in [5, 5.41) is 2.83. The Kier molecular flexibility index (Phi) is 3.10. The maximum atomic E-state index is 9.96. The summed E-state index contributed by atoms with van der Waals surface area (Å²) in [7, 11) is 0.295. The summed E-state index contributed by atoms with van der Waals surface area (Å²) in [5.41, 5.74) is 0. The van der Waals surface area contributed by atoms with Crippen LogP contribution in [0.1, 0.15) is 0 Å². The molecule has 0 aliphatic heterocycles. The van der Waals surface area contributed by atoms with Crippen LogP contribution in [0.3, 0.4) is 0 Å². The van der Waals surface area contributed by atoms with Gasteiger partial charge in [-0.15, -0.1) is 0 Å². The first-order valence-electron chi connectivity index (χ1n) is 3.12. The maximum Gasteiger partial charge on any atom is 0.309 e. The van der Waals surface area contributed by atoms with Crippen LogP contribution in [-0.4, -0.2) is 18.6 Å². The molecule has 56 valence electrons. The van der Waals surface area contributed by atoms with Crippen LogP contribution < -0.4 is 5.23 Å². The molecule has 0 radical (unpaired) electrons. The molecule has 0 aliphatic rings. The predicted molar refractivity (Wildman–Crippen MR) is 49.5 cm³/mol. The first-order valence-corrected chi connectivity index (χ1v) is 3.91. The maximum absolute atomic E-state index is 9.96. The van der Waals surface area contributed by atoms with E-state index in [1.54, 1.807) is 6.20 Å². The molecule has 0 amide bonds. The van der Waals surface area contributed by atoms with Crippen LogP contribution >= 0.6 is 15.9 Å². The van der Waals surface area contributed by atoms with E-state index in [0.29, 0.717) is 13.2 Å². The van der Waals surface area contributed by atoms with E-state index in [1.165, 1.54) is 0 Å². The number of nitrogens with zero attached hydrogens (tertiary/aromatic N) is 1. The van der Waals surface area contributed by atoms with Crippen molar-refractivity contribution in [2.45, 2.75) is 0 Å². The number of hydrogen-bond donors (Lipinski definition) is 1. The largest absolute Gasteiger partial charge is 0.409 e. The average Bonchev–Trinajstić information content (AvgIpc) is 2.01. The quantitative estimate of drug-likeness (QED) is 0.596. The molecule has 11 heavy (non-hydrogen) atoms. The van der Waals surface area contributed by atoms with E-state index in [0.717, 1.165) is 10.7 Å². The lowest BCUT2D eigenvalue weighted by atomic mass is 9.99. The molecule has 1 rings (SSSR count). The smallest absolute Gasteiger partial charge is 0.309 e.